The van der Waals surface area contributed by atoms with E-state index in [1.807, 2.05) is 0 Å². The number of rotatable bonds is 3. The van der Waals surface area contributed by atoms with Gasteiger partial charge in [0, 0.05) is 24.8 Å². The molecular weight excluding hydrogens is 232 g/mol. The molecule has 0 fully saturated rings. The van der Waals surface area contributed by atoms with E-state index in [1.165, 1.54) is 27.6 Å². The number of hydrogen-bond donors (Lipinski definition) is 1. The first-order chi connectivity index (χ1) is 9.26. The Morgan fingerprint density at radius 3 is 2.42 bits per heavy atom. The van der Waals surface area contributed by atoms with Gasteiger partial charge in [0.15, 0.2) is 0 Å². The van der Waals surface area contributed by atoms with Gasteiger partial charge in [0.25, 0.3) is 0 Å². The van der Waals surface area contributed by atoms with Crippen molar-refractivity contribution < 1.29 is 0 Å². The second-order valence-corrected chi connectivity index (χ2v) is 5.03. The molecule has 0 saturated carbocycles. The van der Waals surface area contributed by atoms with Crippen LogP contribution in [-0.4, -0.2) is 4.57 Å². The SMILES string of the molecule is Cc1ccc2ccn(Cc3ccc(CN)cc3)c2c1. The van der Waals surface area contributed by atoms with E-state index >= 15 is 0 Å². The molecule has 0 bridgehead atoms. The van der Waals surface area contributed by atoms with Crippen LogP contribution in [0, 0.1) is 6.92 Å². The number of benzene rings is 2. The van der Waals surface area contributed by atoms with Crippen molar-refractivity contribution in [1.29, 1.82) is 0 Å². The Bertz CT molecular complexity index is 693. The van der Waals surface area contributed by atoms with E-state index in [-0.39, 0.29) is 0 Å². The maximum Gasteiger partial charge on any atom is 0.0486 e. The number of nitrogens with zero attached hydrogens (tertiary/aromatic N) is 1. The fourth-order valence-corrected chi connectivity index (χ4v) is 2.41. The lowest BCUT2D eigenvalue weighted by Crippen LogP contribution is -2.00. The van der Waals surface area contributed by atoms with Crippen LogP contribution in [0.4, 0.5) is 0 Å². The van der Waals surface area contributed by atoms with Crippen LogP contribution in [0.25, 0.3) is 10.9 Å². The molecule has 96 valence electrons. The molecule has 0 aliphatic rings. The zero-order valence-electron chi connectivity index (χ0n) is 11.1. The van der Waals surface area contributed by atoms with Crippen LogP contribution in [0.3, 0.4) is 0 Å². The highest BCUT2D eigenvalue weighted by Crippen LogP contribution is 2.19. The van der Waals surface area contributed by atoms with Crippen molar-refractivity contribution in [3.63, 3.8) is 0 Å². The van der Waals surface area contributed by atoms with Crippen LogP contribution in [0.1, 0.15) is 16.7 Å². The van der Waals surface area contributed by atoms with Gasteiger partial charge in [0.05, 0.1) is 0 Å². The third-order valence-corrected chi connectivity index (χ3v) is 3.54. The van der Waals surface area contributed by atoms with Crippen LogP contribution in [-0.2, 0) is 13.1 Å². The van der Waals surface area contributed by atoms with Crippen molar-refractivity contribution in [2.75, 3.05) is 0 Å². The highest BCUT2D eigenvalue weighted by Gasteiger charge is 2.02. The average molecular weight is 250 g/mol. The topological polar surface area (TPSA) is 30.9 Å². The van der Waals surface area contributed by atoms with Crippen molar-refractivity contribution in [2.24, 2.45) is 5.73 Å². The standard InChI is InChI=1S/C17H18N2/c1-13-2-7-16-8-9-19(17(16)10-13)12-15-5-3-14(11-18)4-6-15/h2-10H,11-12,18H2,1H3. The van der Waals surface area contributed by atoms with Crippen molar-refractivity contribution in [3.8, 4) is 0 Å². The summed E-state index contributed by atoms with van der Waals surface area (Å²) in [5.74, 6) is 0. The molecule has 0 radical (unpaired) electrons. The van der Waals surface area contributed by atoms with Crippen molar-refractivity contribution in [1.82, 2.24) is 4.57 Å². The molecule has 0 aliphatic carbocycles. The summed E-state index contributed by atoms with van der Waals surface area (Å²) in [6.45, 7) is 3.64. The molecule has 2 nitrogen and oxygen atoms in total. The molecule has 0 amide bonds. The summed E-state index contributed by atoms with van der Waals surface area (Å²) in [5.41, 5.74) is 10.7. The molecule has 0 saturated heterocycles. The number of aryl methyl sites for hydroxylation is 1. The second kappa shape index (κ2) is 4.90. The minimum absolute atomic E-state index is 0.603. The fourth-order valence-electron chi connectivity index (χ4n) is 2.41. The predicted octanol–water partition coefficient (Wildman–Crippen LogP) is 3.46. The summed E-state index contributed by atoms with van der Waals surface area (Å²) >= 11 is 0. The monoisotopic (exact) mass is 250 g/mol. The molecule has 0 aliphatic heterocycles. The zero-order chi connectivity index (χ0) is 13.2. The molecule has 2 aromatic carbocycles. The first-order valence-electron chi connectivity index (χ1n) is 6.59. The Kier molecular flexibility index (Phi) is 3.10. The summed E-state index contributed by atoms with van der Waals surface area (Å²) in [4.78, 5) is 0. The third kappa shape index (κ3) is 2.40. The van der Waals surface area contributed by atoms with E-state index in [0.717, 1.165) is 6.54 Å². The molecule has 1 aromatic heterocycles. The second-order valence-electron chi connectivity index (χ2n) is 5.03. The highest BCUT2D eigenvalue weighted by molar-refractivity contribution is 5.80. The smallest absolute Gasteiger partial charge is 0.0486 e. The van der Waals surface area contributed by atoms with Crippen molar-refractivity contribution in [3.05, 3.63) is 71.4 Å². The number of fused-ring (bicyclic) bond motifs is 1. The number of hydrogen-bond acceptors (Lipinski definition) is 1. The van der Waals surface area contributed by atoms with Crippen LogP contribution >= 0.6 is 0 Å². The quantitative estimate of drug-likeness (QED) is 0.758. The van der Waals surface area contributed by atoms with E-state index in [0.29, 0.717) is 6.54 Å². The van der Waals surface area contributed by atoms with Gasteiger partial charge in [-0.05, 0) is 41.1 Å². The summed E-state index contributed by atoms with van der Waals surface area (Å²) in [6.07, 6.45) is 2.15. The summed E-state index contributed by atoms with van der Waals surface area (Å²) in [6, 6.07) is 17.3. The Hall–Kier alpha value is -2.06. The van der Waals surface area contributed by atoms with Gasteiger partial charge in [-0.1, -0.05) is 36.4 Å². The van der Waals surface area contributed by atoms with Gasteiger partial charge in [0.2, 0.25) is 0 Å². The summed E-state index contributed by atoms with van der Waals surface area (Å²) in [7, 11) is 0. The van der Waals surface area contributed by atoms with Crippen LogP contribution < -0.4 is 5.73 Å². The van der Waals surface area contributed by atoms with Crippen molar-refractivity contribution in [2.45, 2.75) is 20.0 Å². The number of nitrogens with two attached hydrogens (primary N) is 1. The van der Waals surface area contributed by atoms with Crippen LogP contribution in [0.2, 0.25) is 0 Å². The number of aromatic nitrogens is 1. The van der Waals surface area contributed by atoms with Crippen molar-refractivity contribution >= 4 is 10.9 Å². The van der Waals surface area contributed by atoms with E-state index in [1.54, 1.807) is 0 Å². The molecule has 3 rings (SSSR count). The Balaban J connectivity index is 1.93. The molecule has 0 spiro atoms. The van der Waals surface area contributed by atoms with E-state index in [9.17, 15) is 0 Å². The minimum atomic E-state index is 0.603. The van der Waals surface area contributed by atoms with Gasteiger partial charge in [-0.15, -0.1) is 0 Å². The maximum absolute atomic E-state index is 5.62. The van der Waals surface area contributed by atoms with Gasteiger partial charge in [-0.2, -0.15) is 0 Å². The summed E-state index contributed by atoms with van der Waals surface area (Å²) < 4.78 is 2.29. The fraction of sp³-hybridized carbons (Fsp3) is 0.176. The largest absolute Gasteiger partial charge is 0.343 e. The first-order valence-corrected chi connectivity index (χ1v) is 6.59. The normalized spacial score (nSPS) is 11.1. The molecule has 3 aromatic rings. The Morgan fingerprint density at radius 2 is 1.68 bits per heavy atom. The van der Waals surface area contributed by atoms with E-state index < -0.39 is 0 Å². The minimum Gasteiger partial charge on any atom is -0.343 e. The van der Waals surface area contributed by atoms with E-state index in [4.69, 9.17) is 5.73 Å². The van der Waals surface area contributed by atoms with E-state index in [2.05, 4.69) is 66.2 Å². The lowest BCUT2D eigenvalue weighted by molar-refractivity contribution is 0.835. The summed E-state index contributed by atoms with van der Waals surface area (Å²) in [5, 5.41) is 1.30. The Labute approximate surface area is 113 Å². The van der Waals surface area contributed by atoms with Gasteiger partial charge in [0.1, 0.15) is 0 Å². The average Bonchev–Trinajstić information content (AvgIpc) is 2.82. The molecule has 19 heavy (non-hydrogen) atoms. The molecular formula is C17H18N2. The first kappa shape index (κ1) is 12.0. The molecule has 0 atom stereocenters. The Morgan fingerprint density at radius 1 is 0.947 bits per heavy atom. The third-order valence-electron chi connectivity index (χ3n) is 3.54. The zero-order valence-corrected chi connectivity index (χ0v) is 11.1. The molecule has 1 heterocycles. The van der Waals surface area contributed by atoms with Gasteiger partial charge >= 0.3 is 0 Å². The van der Waals surface area contributed by atoms with Gasteiger partial charge in [-0.3, -0.25) is 0 Å². The lowest BCUT2D eigenvalue weighted by Gasteiger charge is -2.07. The van der Waals surface area contributed by atoms with Crippen LogP contribution in [0.5, 0.6) is 0 Å². The van der Waals surface area contributed by atoms with Gasteiger partial charge < -0.3 is 10.3 Å². The van der Waals surface area contributed by atoms with Crippen LogP contribution in [0.15, 0.2) is 54.7 Å². The molecule has 2 heteroatoms. The highest BCUT2D eigenvalue weighted by atomic mass is 14.9. The predicted molar refractivity (Wildman–Crippen MR) is 80.1 cm³/mol. The lowest BCUT2D eigenvalue weighted by atomic mass is 10.1. The maximum atomic E-state index is 5.62. The molecule has 0 unspecified atom stereocenters. The molecule has 2 N–H and O–H groups in total. The van der Waals surface area contributed by atoms with Gasteiger partial charge in [-0.25, -0.2) is 0 Å².